The molecule has 0 spiro atoms. The van der Waals surface area contributed by atoms with Gasteiger partial charge in [0.25, 0.3) is 0 Å². The molecule has 0 saturated carbocycles. The van der Waals surface area contributed by atoms with Gasteiger partial charge in [0.05, 0.1) is 17.5 Å². The Hall–Kier alpha value is -0.940. The molecule has 1 aromatic carbocycles. The minimum absolute atomic E-state index is 0.0263. The fourth-order valence-electron chi connectivity index (χ4n) is 1.68. The van der Waals surface area contributed by atoms with Crippen LogP contribution >= 0.6 is 11.6 Å². The van der Waals surface area contributed by atoms with Crippen molar-refractivity contribution >= 4 is 17.3 Å². The Labute approximate surface area is 121 Å². The van der Waals surface area contributed by atoms with Crippen LogP contribution in [-0.2, 0) is 11.6 Å². The maximum absolute atomic E-state index is 13.1. The topological polar surface area (TPSA) is 32.3 Å². The summed E-state index contributed by atoms with van der Waals surface area (Å²) < 4.78 is 39.3. The first-order valence-electron chi connectivity index (χ1n) is 6.25. The molecular weight excluding hydrogens is 291 g/mol. The average molecular weight is 310 g/mol. The van der Waals surface area contributed by atoms with Crippen LogP contribution < -0.4 is 5.32 Å². The number of hydrogen-bond acceptors (Lipinski definition) is 2. The van der Waals surface area contributed by atoms with Gasteiger partial charge in [-0.2, -0.15) is 13.2 Å². The van der Waals surface area contributed by atoms with E-state index >= 15 is 0 Å². The Morgan fingerprint density at radius 2 is 1.85 bits per heavy atom. The number of rotatable bonds is 4. The molecule has 0 radical (unpaired) electrons. The molecule has 20 heavy (non-hydrogen) atoms. The molecule has 0 aliphatic rings. The van der Waals surface area contributed by atoms with E-state index in [-0.39, 0.29) is 23.5 Å². The Morgan fingerprint density at radius 3 is 2.30 bits per heavy atom. The molecule has 0 aliphatic heterocycles. The van der Waals surface area contributed by atoms with E-state index in [1.165, 1.54) is 6.07 Å². The van der Waals surface area contributed by atoms with Crippen LogP contribution in [-0.4, -0.2) is 23.6 Å². The van der Waals surface area contributed by atoms with E-state index in [1.807, 2.05) is 20.8 Å². The lowest BCUT2D eigenvalue weighted by Crippen LogP contribution is -2.23. The normalized spacial score (nSPS) is 14.2. The van der Waals surface area contributed by atoms with Crippen LogP contribution in [0.3, 0.4) is 0 Å². The second-order valence-corrected chi connectivity index (χ2v) is 6.01. The molecule has 0 saturated heterocycles. The molecule has 0 amide bonds. The van der Waals surface area contributed by atoms with E-state index in [4.69, 9.17) is 11.6 Å². The fourth-order valence-corrected chi connectivity index (χ4v) is 1.79. The standard InChI is InChI=1S/C14H19ClF3NO/c1-13(2,3)9-4-5-12(19-8-10(20)7-15)11(6-9)14(16,17)18/h4-6,10,19-20H,7-8H2,1-3H3. The van der Waals surface area contributed by atoms with Gasteiger partial charge in [-0.05, 0) is 23.1 Å². The van der Waals surface area contributed by atoms with Gasteiger partial charge in [0.1, 0.15) is 0 Å². The number of alkyl halides is 4. The molecule has 0 fully saturated rings. The third kappa shape index (κ3) is 4.56. The lowest BCUT2D eigenvalue weighted by atomic mass is 9.86. The number of benzene rings is 1. The number of halogens is 4. The van der Waals surface area contributed by atoms with Crippen molar-refractivity contribution in [3.63, 3.8) is 0 Å². The highest BCUT2D eigenvalue weighted by molar-refractivity contribution is 6.18. The fraction of sp³-hybridized carbons (Fsp3) is 0.571. The SMILES string of the molecule is CC(C)(C)c1ccc(NCC(O)CCl)c(C(F)(F)F)c1. The Balaban J connectivity index is 3.12. The van der Waals surface area contributed by atoms with Crippen molar-refractivity contribution in [3.8, 4) is 0 Å². The van der Waals surface area contributed by atoms with E-state index in [2.05, 4.69) is 5.32 Å². The summed E-state index contributed by atoms with van der Waals surface area (Å²) in [5.41, 5.74) is -0.539. The predicted octanol–water partition coefficient (Wildman–Crippen LogP) is 4.01. The van der Waals surface area contributed by atoms with Gasteiger partial charge in [-0.25, -0.2) is 0 Å². The predicted molar refractivity (Wildman–Crippen MR) is 75.4 cm³/mol. The van der Waals surface area contributed by atoms with Crippen molar-refractivity contribution in [1.29, 1.82) is 0 Å². The van der Waals surface area contributed by atoms with Crippen LogP contribution in [0.4, 0.5) is 18.9 Å². The van der Waals surface area contributed by atoms with Gasteiger partial charge in [0.15, 0.2) is 0 Å². The van der Waals surface area contributed by atoms with Crippen molar-refractivity contribution in [1.82, 2.24) is 0 Å². The van der Waals surface area contributed by atoms with E-state index in [9.17, 15) is 18.3 Å². The van der Waals surface area contributed by atoms with Crippen LogP contribution in [0, 0.1) is 0 Å². The number of aliphatic hydroxyl groups excluding tert-OH is 1. The van der Waals surface area contributed by atoms with E-state index in [0.29, 0.717) is 5.56 Å². The molecule has 0 aliphatic carbocycles. The Kier molecular flexibility index (Phi) is 5.33. The summed E-state index contributed by atoms with van der Waals surface area (Å²) in [6.07, 6.45) is -5.34. The molecule has 1 aromatic rings. The highest BCUT2D eigenvalue weighted by Gasteiger charge is 2.34. The van der Waals surface area contributed by atoms with Gasteiger partial charge in [0, 0.05) is 12.2 Å². The molecule has 1 unspecified atom stereocenters. The highest BCUT2D eigenvalue weighted by Crippen LogP contribution is 2.37. The summed E-state index contributed by atoms with van der Waals surface area (Å²) in [4.78, 5) is 0. The first-order chi connectivity index (χ1) is 9.05. The van der Waals surface area contributed by atoms with Crippen molar-refractivity contribution in [2.45, 2.75) is 38.5 Å². The monoisotopic (exact) mass is 309 g/mol. The number of hydrogen-bond donors (Lipinski definition) is 2. The molecule has 0 aromatic heterocycles. The average Bonchev–Trinajstić information content (AvgIpc) is 2.33. The molecule has 1 atom stereocenters. The third-order valence-corrected chi connectivity index (χ3v) is 3.25. The second-order valence-electron chi connectivity index (χ2n) is 5.70. The molecular formula is C14H19ClF3NO. The number of anilines is 1. The van der Waals surface area contributed by atoms with Crippen molar-refractivity contribution in [2.24, 2.45) is 0 Å². The number of nitrogens with one attached hydrogen (secondary N) is 1. The van der Waals surface area contributed by atoms with Gasteiger partial charge >= 0.3 is 6.18 Å². The quantitative estimate of drug-likeness (QED) is 0.824. The molecule has 2 N–H and O–H groups in total. The largest absolute Gasteiger partial charge is 0.418 e. The minimum atomic E-state index is -4.45. The molecule has 114 valence electrons. The van der Waals surface area contributed by atoms with E-state index in [1.54, 1.807) is 6.07 Å². The zero-order chi connectivity index (χ0) is 15.6. The van der Waals surface area contributed by atoms with Gasteiger partial charge < -0.3 is 10.4 Å². The van der Waals surface area contributed by atoms with Gasteiger partial charge in [-0.15, -0.1) is 11.6 Å². The van der Waals surface area contributed by atoms with Gasteiger partial charge in [0.2, 0.25) is 0 Å². The van der Waals surface area contributed by atoms with Gasteiger partial charge in [-0.1, -0.05) is 26.8 Å². The van der Waals surface area contributed by atoms with Crippen LogP contribution in [0.5, 0.6) is 0 Å². The first kappa shape index (κ1) is 17.1. The van der Waals surface area contributed by atoms with Crippen LogP contribution in [0.1, 0.15) is 31.9 Å². The molecule has 0 heterocycles. The van der Waals surface area contributed by atoms with Crippen LogP contribution in [0.2, 0.25) is 0 Å². The lowest BCUT2D eigenvalue weighted by Gasteiger charge is -2.23. The van der Waals surface area contributed by atoms with Crippen molar-refractivity contribution in [3.05, 3.63) is 29.3 Å². The second kappa shape index (κ2) is 6.22. The first-order valence-corrected chi connectivity index (χ1v) is 6.79. The molecule has 6 heteroatoms. The smallest absolute Gasteiger partial charge is 0.390 e. The maximum atomic E-state index is 13.1. The Morgan fingerprint density at radius 1 is 1.25 bits per heavy atom. The Bertz CT molecular complexity index is 455. The summed E-state index contributed by atoms with van der Waals surface area (Å²) >= 11 is 5.42. The van der Waals surface area contributed by atoms with E-state index in [0.717, 1.165) is 6.07 Å². The zero-order valence-corrected chi connectivity index (χ0v) is 12.4. The maximum Gasteiger partial charge on any atom is 0.418 e. The van der Waals surface area contributed by atoms with E-state index < -0.39 is 17.8 Å². The summed E-state index contributed by atoms with van der Waals surface area (Å²) in [6, 6.07) is 4.20. The summed E-state index contributed by atoms with van der Waals surface area (Å²) in [5.74, 6) is -0.0333. The van der Waals surface area contributed by atoms with Crippen molar-refractivity contribution in [2.75, 3.05) is 17.7 Å². The summed E-state index contributed by atoms with van der Waals surface area (Å²) in [7, 11) is 0. The van der Waals surface area contributed by atoms with Crippen LogP contribution in [0.15, 0.2) is 18.2 Å². The minimum Gasteiger partial charge on any atom is -0.390 e. The van der Waals surface area contributed by atoms with Crippen molar-refractivity contribution < 1.29 is 18.3 Å². The summed E-state index contributed by atoms with van der Waals surface area (Å²) in [6.45, 7) is 5.54. The van der Waals surface area contributed by atoms with Gasteiger partial charge in [-0.3, -0.25) is 0 Å². The third-order valence-electron chi connectivity index (χ3n) is 2.90. The highest BCUT2D eigenvalue weighted by atomic mass is 35.5. The molecule has 2 nitrogen and oxygen atoms in total. The van der Waals surface area contributed by atoms with Crippen LogP contribution in [0.25, 0.3) is 0 Å². The number of aliphatic hydroxyl groups is 1. The zero-order valence-electron chi connectivity index (χ0n) is 11.7. The molecule has 0 bridgehead atoms. The summed E-state index contributed by atoms with van der Waals surface area (Å²) in [5, 5.41) is 11.9. The molecule has 1 rings (SSSR count). The lowest BCUT2D eigenvalue weighted by molar-refractivity contribution is -0.137.